The summed E-state index contributed by atoms with van der Waals surface area (Å²) in [6, 6.07) is 2.60. The molecule has 1 aromatic carbocycles. The number of methoxy groups -OCH3 is 1. The summed E-state index contributed by atoms with van der Waals surface area (Å²) < 4.78 is 5.13. The molecular formula is C13H14Cl2N2O4. The first kappa shape index (κ1) is 15.7. The van der Waals surface area contributed by atoms with E-state index in [0.29, 0.717) is 29.4 Å². The Morgan fingerprint density at radius 1 is 1.38 bits per heavy atom. The largest absolute Gasteiger partial charge is 0.495 e. The fourth-order valence-electron chi connectivity index (χ4n) is 2.14. The number of urea groups is 1. The smallest absolute Gasteiger partial charge is 0.321 e. The highest BCUT2D eigenvalue weighted by Crippen LogP contribution is 2.34. The Hall–Kier alpha value is -1.66. The van der Waals surface area contributed by atoms with E-state index in [0.717, 1.165) is 0 Å². The zero-order valence-electron chi connectivity index (χ0n) is 11.2. The van der Waals surface area contributed by atoms with Crippen molar-refractivity contribution in [2.24, 2.45) is 5.92 Å². The van der Waals surface area contributed by atoms with Crippen LogP contribution in [0.25, 0.3) is 0 Å². The lowest BCUT2D eigenvalue weighted by molar-refractivity contribution is -0.141. The third-order valence-corrected chi connectivity index (χ3v) is 4.03. The molecule has 2 amide bonds. The first-order chi connectivity index (χ1) is 9.92. The molecule has 0 radical (unpaired) electrons. The molecule has 1 aromatic rings. The van der Waals surface area contributed by atoms with Gasteiger partial charge in [-0.25, -0.2) is 4.79 Å². The molecule has 8 heteroatoms. The maximum absolute atomic E-state index is 12.1. The predicted molar refractivity (Wildman–Crippen MR) is 79.3 cm³/mol. The Balaban J connectivity index is 2.10. The van der Waals surface area contributed by atoms with Gasteiger partial charge in [-0.1, -0.05) is 23.2 Å². The molecule has 1 atom stereocenters. The fourth-order valence-corrected chi connectivity index (χ4v) is 2.45. The lowest BCUT2D eigenvalue weighted by Gasteiger charge is -2.18. The minimum absolute atomic E-state index is 0.185. The van der Waals surface area contributed by atoms with E-state index in [-0.39, 0.29) is 11.6 Å². The molecule has 114 valence electrons. The first-order valence-corrected chi connectivity index (χ1v) is 6.99. The van der Waals surface area contributed by atoms with Crippen molar-refractivity contribution in [1.82, 2.24) is 4.90 Å². The van der Waals surface area contributed by atoms with Gasteiger partial charge >= 0.3 is 12.0 Å². The standard InChI is InChI=1S/C13H14Cl2N2O4/c1-21-11-5-9(15)8(14)4-10(11)16-13(20)17-3-2-7(6-17)12(18)19/h4-5,7H,2-3,6H2,1H3,(H,16,20)(H,18,19). The number of ether oxygens (including phenoxy) is 1. The van der Waals surface area contributed by atoms with Crippen molar-refractivity contribution in [1.29, 1.82) is 0 Å². The Morgan fingerprint density at radius 3 is 2.62 bits per heavy atom. The number of nitrogens with one attached hydrogen (secondary N) is 1. The molecule has 2 rings (SSSR count). The summed E-state index contributed by atoms with van der Waals surface area (Å²) in [5.74, 6) is -1.03. The lowest BCUT2D eigenvalue weighted by atomic mass is 10.1. The van der Waals surface area contributed by atoms with Gasteiger partial charge in [-0.15, -0.1) is 0 Å². The van der Waals surface area contributed by atoms with Gasteiger partial charge < -0.3 is 20.1 Å². The molecule has 0 spiro atoms. The summed E-state index contributed by atoms with van der Waals surface area (Å²) in [4.78, 5) is 24.5. The third kappa shape index (κ3) is 3.51. The van der Waals surface area contributed by atoms with Crippen molar-refractivity contribution < 1.29 is 19.4 Å². The molecular weight excluding hydrogens is 319 g/mol. The van der Waals surface area contributed by atoms with Crippen molar-refractivity contribution in [2.45, 2.75) is 6.42 Å². The minimum atomic E-state index is -0.891. The highest BCUT2D eigenvalue weighted by Gasteiger charge is 2.31. The predicted octanol–water partition coefficient (Wildman–Crippen LogP) is 2.94. The van der Waals surface area contributed by atoms with Crippen molar-refractivity contribution >= 4 is 40.9 Å². The van der Waals surface area contributed by atoms with Crippen LogP contribution in [0.3, 0.4) is 0 Å². The van der Waals surface area contributed by atoms with Crippen LogP contribution in [-0.4, -0.2) is 42.2 Å². The van der Waals surface area contributed by atoms with Gasteiger partial charge in [0.25, 0.3) is 0 Å². The number of hydrogen-bond donors (Lipinski definition) is 2. The van der Waals surface area contributed by atoms with Gasteiger partial charge in [0.15, 0.2) is 0 Å². The molecule has 21 heavy (non-hydrogen) atoms. The number of hydrogen-bond acceptors (Lipinski definition) is 3. The number of carboxylic acids is 1. The molecule has 1 aliphatic rings. The van der Waals surface area contributed by atoms with Gasteiger partial charge in [-0.05, 0) is 12.5 Å². The van der Waals surface area contributed by atoms with Crippen LogP contribution in [0.15, 0.2) is 12.1 Å². The van der Waals surface area contributed by atoms with E-state index in [9.17, 15) is 9.59 Å². The van der Waals surface area contributed by atoms with Crippen LogP contribution in [-0.2, 0) is 4.79 Å². The van der Waals surface area contributed by atoms with E-state index in [1.807, 2.05) is 0 Å². The maximum Gasteiger partial charge on any atom is 0.321 e. The second-order valence-electron chi connectivity index (χ2n) is 4.67. The van der Waals surface area contributed by atoms with Crippen molar-refractivity contribution in [3.05, 3.63) is 22.2 Å². The number of carbonyl (C=O) groups is 2. The van der Waals surface area contributed by atoms with Crippen LogP contribution >= 0.6 is 23.2 Å². The summed E-state index contributed by atoms with van der Waals surface area (Å²) in [5, 5.41) is 12.2. The number of likely N-dealkylation sites (tertiary alicyclic amines) is 1. The SMILES string of the molecule is COc1cc(Cl)c(Cl)cc1NC(=O)N1CCC(C(=O)O)C1. The van der Waals surface area contributed by atoms with Gasteiger partial charge in [0.1, 0.15) is 5.75 Å². The molecule has 0 bridgehead atoms. The number of anilines is 1. The molecule has 6 nitrogen and oxygen atoms in total. The first-order valence-electron chi connectivity index (χ1n) is 6.24. The second kappa shape index (κ2) is 6.41. The number of halogens is 2. The number of carboxylic acid groups (broad SMARTS) is 1. The average molecular weight is 333 g/mol. The van der Waals surface area contributed by atoms with Gasteiger partial charge in [-0.3, -0.25) is 4.79 Å². The Labute approximate surface area is 131 Å². The van der Waals surface area contributed by atoms with Crippen molar-refractivity contribution in [3.8, 4) is 5.75 Å². The number of aliphatic carboxylic acids is 1. The summed E-state index contributed by atoms with van der Waals surface area (Å²) in [7, 11) is 1.45. The fraction of sp³-hybridized carbons (Fsp3) is 0.385. The zero-order valence-corrected chi connectivity index (χ0v) is 12.7. The Kier molecular flexibility index (Phi) is 4.80. The zero-order chi connectivity index (χ0) is 15.6. The number of carbonyl (C=O) groups excluding carboxylic acids is 1. The van der Waals surface area contributed by atoms with Crippen LogP contribution in [0.1, 0.15) is 6.42 Å². The molecule has 1 heterocycles. The van der Waals surface area contributed by atoms with E-state index in [4.69, 9.17) is 33.0 Å². The van der Waals surface area contributed by atoms with E-state index < -0.39 is 17.9 Å². The van der Waals surface area contributed by atoms with E-state index in [1.54, 1.807) is 0 Å². The van der Waals surface area contributed by atoms with Gasteiger partial charge in [0.05, 0.1) is 28.8 Å². The van der Waals surface area contributed by atoms with E-state index >= 15 is 0 Å². The lowest BCUT2D eigenvalue weighted by Crippen LogP contribution is -2.33. The minimum Gasteiger partial charge on any atom is -0.495 e. The van der Waals surface area contributed by atoms with Crippen LogP contribution in [0, 0.1) is 5.92 Å². The van der Waals surface area contributed by atoms with E-state index in [1.165, 1.54) is 24.1 Å². The second-order valence-corrected chi connectivity index (χ2v) is 5.48. The van der Waals surface area contributed by atoms with Gasteiger partial charge in [0.2, 0.25) is 0 Å². The summed E-state index contributed by atoms with van der Waals surface area (Å²) in [5.41, 5.74) is 0.385. The Bertz CT molecular complexity index is 580. The molecule has 0 aliphatic carbocycles. The van der Waals surface area contributed by atoms with Gasteiger partial charge in [0, 0.05) is 19.2 Å². The Morgan fingerprint density at radius 2 is 2.05 bits per heavy atom. The maximum atomic E-state index is 12.1. The normalized spacial score (nSPS) is 17.7. The van der Waals surface area contributed by atoms with Crippen LogP contribution in [0.4, 0.5) is 10.5 Å². The molecule has 2 N–H and O–H groups in total. The number of amides is 2. The molecule has 0 aromatic heterocycles. The highest BCUT2D eigenvalue weighted by atomic mass is 35.5. The summed E-state index contributed by atoms with van der Waals surface area (Å²) >= 11 is 11.8. The topological polar surface area (TPSA) is 78.9 Å². The quantitative estimate of drug-likeness (QED) is 0.891. The average Bonchev–Trinajstić information content (AvgIpc) is 2.92. The summed E-state index contributed by atoms with van der Waals surface area (Å²) in [6.07, 6.45) is 0.446. The molecule has 1 fully saturated rings. The van der Waals surface area contributed by atoms with Crippen molar-refractivity contribution in [2.75, 3.05) is 25.5 Å². The molecule has 0 saturated carbocycles. The third-order valence-electron chi connectivity index (χ3n) is 3.31. The molecule has 1 saturated heterocycles. The number of nitrogens with zero attached hydrogens (tertiary/aromatic N) is 1. The number of benzene rings is 1. The highest BCUT2D eigenvalue weighted by molar-refractivity contribution is 6.42. The van der Waals surface area contributed by atoms with Crippen molar-refractivity contribution in [3.63, 3.8) is 0 Å². The van der Waals surface area contributed by atoms with Crippen LogP contribution in [0.2, 0.25) is 10.0 Å². The molecule has 1 aliphatic heterocycles. The summed E-state index contributed by atoms with van der Waals surface area (Å²) in [6.45, 7) is 0.581. The van der Waals surface area contributed by atoms with Gasteiger partial charge in [-0.2, -0.15) is 0 Å². The van der Waals surface area contributed by atoms with Crippen LogP contribution in [0.5, 0.6) is 5.75 Å². The van der Waals surface area contributed by atoms with Crippen LogP contribution < -0.4 is 10.1 Å². The molecule has 1 unspecified atom stereocenters. The van der Waals surface area contributed by atoms with E-state index in [2.05, 4.69) is 5.32 Å². The monoisotopic (exact) mass is 332 g/mol. The number of rotatable bonds is 3.